The van der Waals surface area contributed by atoms with Gasteiger partial charge in [-0.1, -0.05) is 25.1 Å². The molecule has 1 amide bonds. The van der Waals surface area contributed by atoms with E-state index >= 15 is 0 Å². The van der Waals surface area contributed by atoms with Crippen molar-refractivity contribution < 1.29 is 9.90 Å². The number of carbonyl (C=O) groups excluding carboxylic acids is 1. The van der Waals surface area contributed by atoms with Gasteiger partial charge in [-0.2, -0.15) is 0 Å². The maximum absolute atomic E-state index is 13.2. The molecule has 6 nitrogen and oxygen atoms in total. The van der Waals surface area contributed by atoms with Crippen molar-refractivity contribution in [3.8, 4) is 0 Å². The van der Waals surface area contributed by atoms with Crippen LogP contribution in [-0.2, 0) is 11.2 Å². The van der Waals surface area contributed by atoms with Crippen LogP contribution in [0, 0.1) is 5.92 Å². The molecule has 3 heterocycles. The molecule has 2 aromatic rings. The molecule has 2 saturated heterocycles. The number of hydrogen-bond acceptors (Lipinski definition) is 5. The van der Waals surface area contributed by atoms with Crippen LogP contribution >= 0.6 is 0 Å². The number of hydrogen-bond donors (Lipinski definition) is 1. The van der Waals surface area contributed by atoms with Crippen molar-refractivity contribution in [1.29, 1.82) is 0 Å². The highest BCUT2D eigenvalue weighted by Gasteiger charge is 2.33. The summed E-state index contributed by atoms with van der Waals surface area (Å²) in [6, 6.07) is 12.1. The Morgan fingerprint density at radius 1 is 1.10 bits per heavy atom. The van der Waals surface area contributed by atoms with Crippen LogP contribution in [0.4, 0.5) is 11.5 Å². The van der Waals surface area contributed by atoms with Gasteiger partial charge in [0.2, 0.25) is 5.91 Å². The van der Waals surface area contributed by atoms with Crippen molar-refractivity contribution in [2.45, 2.75) is 25.7 Å². The number of anilines is 2. The Morgan fingerprint density at radius 2 is 1.83 bits per heavy atom. The fourth-order valence-electron chi connectivity index (χ4n) is 4.43. The van der Waals surface area contributed by atoms with Crippen LogP contribution < -0.4 is 9.80 Å². The van der Waals surface area contributed by atoms with Crippen LogP contribution in [0.3, 0.4) is 0 Å². The van der Waals surface area contributed by atoms with E-state index in [1.54, 1.807) is 0 Å². The van der Waals surface area contributed by atoms with Crippen molar-refractivity contribution in [2.75, 3.05) is 56.2 Å². The second-order valence-corrected chi connectivity index (χ2v) is 8.63. The fourth-order valence-corrected chi connectivity index (χ4v) is 4.43. The Morgan fingerprint density at radius 3 is 2.53 bits per heavy atom. The molecular formula is C24H32N4O2. The second kappa shape index (κ2) is 9.14. The highest BCUT2D eigenvalue weighted by atomic mass is 16.3. The van der Waals surface area contributed by atoms with E-state index < -0.39 is 0 Å². The van der Waals surface area contributed by atoms with Crippen LogP contribution in [0.5, 0.6) is 0 Å². The molecule has 30 heavy (non-hydrogen) atoms. The van der Waals surface area contributed by atoms with Gasteiger partial charge in [0.05, 0.1) is 0 Å². The lowest BCUT2D eigenvalue weighted by Gasteiger charge is -2.34. The molecule has 0 spiro atoms. The number of aliphatic hydroxyl groups is 1. The number of carbonyl (C=O) groups is 1. The smallest absolute Gasteiger partial charge is 0.230 e. The first-order valence-corrected chi connectivity index (χ1v) is 11.0. The Labute approximate surface area is 179 Å². The third-order valence-corrected chi connectivity index (χ3v) is 6.50. The summed E-state index contributed by atoms with van der Waals surface area (Å²) in [7, 11) is 2.15. The number of benzene rings is 1. The molecular weight excluding hydrogens is 376 g/mol. The number of aromatic nitrogens is 1. The Bertz CT molecular complexity index is 862. The van der Waals surface area contributed by atoms with Crippen molar-refractivity contribution in [3.05, 3.63) is 53.7 Å². The number of likely N-dealkylation sites (N-methyl/N-ethyl adjacent to an activating group) is 1. The van der Waals surface area contributed by atoms with Crippen LogP contribution in [-0.4, -0.2) is 67.3 Å². The summed E-state index contributed by atoms with van der Waals surface area (Å²) in [6.45, 7) is 6.91. The number of piperazine rings is 1. The van der Waals surface area contributed by atoms with Gasteiger partial charge in [-0.3, -0.25) is 4.79 Å². The van der Waals surface area contributed by atoms with E-state index in [9.17, 15) is 9.90 Å². The minimum Gasteiger partial charge on any atom is -0.396 e. The highest BCUT2D eigenvalue weighted by Crippen LogP contribution is 2.31. The summed E-state index contributed by atoms with van der Waals surface area (Å²) in [5.41, 5.74) is 3.22. The van der Waals surface area contributed by atoms with Gasteiger partial charge in [-0.25, -0.2) is 4.98 Å². The molecule has 0 saturated carbocycles. The largest absolute Gasteiger partial charge is 0.396 e. The molecule has 2 unspecified atom stereocenters. The van der Waals surface area contributed by atoms with Crippen molar-refractivity contribution in [2.24, 2.45) is 5.92 Å². The molecule has 0 bridgehead atoms. The first kappa shape index (κ1) is 20.8. The number of amides is 1. The molecule has 1 aromatic carbocycles. The van der Waals surface area contributed by atoms with E-state index in [-0.39, 0.29) is 24.3 Å². The molecule has 1 aromatic heterocycles. The van der Waals surface area contributed by atoms with Crippen molar-refractivity contribution in [1.82, 2.24) is 9.88 Å². The Hall–Kier alpha value is -2.44. The molecule has 0 aliphatic carbocycles. The van der Waals surface area contributed by atoms with Crippen molar-refractivity contribution >= 4 is 17.4 Å². The van der Waals surface area contributed by atoms with Crippen LogP contribution in [0.15, 0.2) is 42.6 Å². The van der Waals surface area contributed by atoms with Crippen molar-refractivity contribution in [3.63, 3.8) is 0 Å². The number of nitrogens with zero attached hydrogens (tertiary/aromatic N) is 4. The molecule has 2 atom stereocenters. The molecule has 6 heteroatoms. The lowest BCUT2D eigenvalue weighted by Crippen LogP contribution is -2.45. The van der Waals surface area contributed by atoms with Gasteiger partial charge in [-0.15, -0.1) is 0 Å². The van der Waals surface area contributed by atoms with E-state index in [1.807, 2.05) is 48.4 Å². The average molecular weight is 409 g/mol. The standard InChI is InChI=1S/C24H32N4O2/c1-18(17-29)19-5-7-22(8-6-19)28-11-9-21(24(28)30)16-20-4-3-10-25-23(20)27-14-12-26(2)13-15-27/h3-8,10,18,21,29H,9,11-17H2,1-2H3. The first-order valence-electron chi connectivity index (χ1n) is 11.0. The summed E-state index contributed by atoms with van der Waals surface area (Å²) in [4.78, 5) is 24.4. The normalized spacial score (nSPS) is 21.3. The maximum Gasteiger partial charge on any atom is 0.230 e. The number of rotatable bonds is 6. The van der Waals surface area contributed by atoms with Gasteiger partial charge in [-0.05, 0) is 49.2 Å². The summed E-state index contributed by atoms with van der Waals surface area (Å²) in [6.07, 6.45) is 3.46. The summed E-state index contributed by atoms with van der Waals surface area (Å²) in [5.74, 6) is 1.35. The molecule has 4 rings (SSSR count). The predicted molar refractivity (Wildman–Crippen MR) is 120 cm³/mol. The van der Waals surface area contributed by atoms with Crippen LogP contribution in [0.1, 0.15) is 30.4 Å². The minimum absolute atomic E-state index is 0.00328. The highest BCUT2D eigenvalue weighted by molar-refractivity contribution is 5.97. The van der Waals surface area contributed by atoms with E-state index in [2.05, 4.69) is 27.9 Å². The number of pyridine rings is 1. The molecule has 1 N–H and O–H groups in total. The van der Waals surface area contributed by atoms with Gasteiger partial charge in [0.15, 0.2) is 0 Å². The van der Waals surface area contributed by atoms with E-state index in [4.69, 9.17) is 0 Å². The molecule has 0 radical (unpaired) electrons. The molecule has 2 fully saturated rings. The zero-order valence-electron chi connectivity index (χ0n) is 18.0. The predicted octanol–water partition coefficient (Wildman–Crippen LogP) is 2.52. The van der Waals surface area contributed by atoms with E-state index in [1.165, 1.54) is 5.56 Å². The quantitative estimate of drug-likeness (QED) is 0.796. The third kappa shape index (κ3) is 4.35. The Kier molecular flexibility index (Phi) is 6.35. The number of aliphatic hydroxyl groups excluding tert-OH is 1. The zero-order valence-corrected chi connectivity index (χ0v) is 18.0. The van der Waals surface area contributed by atoms with Crippen LogP contribution in [0.2, 0.25) is 0 Å². The summed E-state index contributed by atoms with van der Waals surface area (Å²) >= 11 is 0. The van der Waals surface area contributed by atoms with Gasteiger partial charge >= 0.3 is 0 Å². The monoisotopic (exact) mass is 408 g/mol. The molecule has 2 aliphatic heterocycles. The minimum atomic E-state index is -0.00328. The first-order chi connectivity index (χ1) is 14.6. The van der Waals surface area contributed by atoms with E-state index in [0.717, 1.165) is 62.6 Å². The Balaban J connectivity index is 1.45. The SMILES string of the molecule is CC(CO)c1ccc(N2CCC(Cc3cccnc3N3CCN(C)CC3)C2=O)cc1. The van der Waals surface area contributed by atoms with E-state index in [0.29, 0.717) is 0 Å². The van der Waals surface area contributed by atoms with Gasteiger partial charge in [0.1, 0.15) is 5.82 Å². The van der Waals surface area contributed by atoms with Crippen LogP contribution in [0.25, 0.3) is 0 Å². The fraction of sp³-hybridized carbons (Fsp3) is 0.500. The lowest BCUT2D eigenvalue weighted by molar-refractivity contribution is -0.120. The maximum atomic E-state index is 13.2. The van der Waals surface area contributed by atoms with Gasteiger partial charge in [0, 0.05) is 63.1 Å². The van der Waals surface area contributed by atoms with Gasteiger partial charge < -0.3 is 19.8 Å². The molecule has 160 valence electrons. The third-order valence-electron chi connectivity index (χ3n) is 6.50. The lowest BCUT2D eigenvalue weighted by atomic mass is 9.98. The zero-order chi connectivity index (χ0) is 21.1. The average Bonchev–Trinajstić information content (AvgIpc) is 3.14. The summed E-state index contributed by atoms with van der Waals surface area (Å²) < 4.78 is 0. The summed E-state index contributed by atoms with van der Waals surface area (Å²) in [5, 5.41) is 9.34. The topological polar surface area (TPSA) is 59.9 Å². The molecule has 2 aliphatic rings. The second-order valence-electron chi connectivity index (χ2n) is 8.63. The van der Waals surface area contributed by atoms with Gasteiger partial charge in [0.25, 0.3) is 0 Å².